The average molecular weight is 275 g/mol. The molecule has 0 atom stereocenters. The Labute approximate surface area is 117 Å². The van der Waals surface area contributed by atoms with Crippen LogP contribution in [0.25, 0.3) is 0 Å². The number of nitrogens with zero attached hydrogens (tertiary/aromatic N) is 2. The Balaban J connectivity index is 2.09. The summed E-state index contributed by atoms with van der Waals surface area (Å²) in [6, 6.07) is 5.22. The van der Waals surface area contributed by atoms with Crippen molar-refractivity contribution < 1.29 is 14.3 Å². The molecule has 2 rings (SSSR count). The number of aromatic nitrogens is 2. The number of rotatable bonds is 5. The smallest absolute Gasteiger partial charge is 0.244 e. The first-order valence-corrected chi connectivity index (χ1v) is 6.13. The van der Waals surface area contributed by atoms with E-state index in [-0.39, 0.29) is 12.5 Å². The van der Waals surface area contributed by atoms with Crippen LogP contribution in [0.3, 0.4) is 0 Å². The van der Waals surface area contributed by atoms with E-state index >= 15 is 0 Å². The molecule has 0 aliphatic carbocycles. The van der Waals surface area contributed by atoms with Crippen LogP contribution in [-0.4, -0.2) is 29.7 Å². The van der Waals surface area contributed by atoms with Crippen LogP contribution in [0.5, 0.6) is 11.5 Å². The van der Waals surface area contributed by atoms with E-state index in [1.165, 1.54) is 0 Å². The van der Waals surface area contributed by atoms with Gasteiger partial charge in [0.25, 0.3) is 0 Å². The van der Waals surface area contributed by atoms with Gasteiger partial charge in [-0.3, -0.25) is 4.79 Å². The van der Waals surface area contributed by atoms with E-state index in [1.54, 1.807) is 49.4 Å². The lowest BCUT2D eigenvalue weighted by Gasteiger charge is -2.10. The number of amides is 1. The molecule has 0 fully saturated rings. The summed E-state index contributed by atoms with van der Waals surface area (Å²) in [7, 11) is 3.13. The number of hydrogen-bond acceptors (Lipinski definition) is 4. The zero-order valence-corrected chi connectivity index (χ0v) is 11.7. The molecule has 1 amide bonds. The fourth-order valence-corrected chi connectivity index (χ4v) is 1.81. The van der Waals surface area contributed by atoms with Crippen molar-refractivity contribution in [1.29, 1.82) is 0 Å². The van der Waals surface area contributed by atoms with Crippen LogP contribution in [0, 0.1) is 6.92 Å². The Bertz CT molecular complexity index is 585. The quantitative estimate of drug-likeness (QED) is 0.904. The normalized spacial score (nSPS) is 10.2. The molecule has 106 valence electrons. The number of nitrogens with one attached hydrogen (secondary N) is 1. The van der Waals surface area contributed by atoms with Crippen molar-refractivity contribution in [2.75, 3.05) is 19.5 Å². The third-order valence-corrected chi connectivity index (χ3v) is 2.87. The molecule has 2 aromatic rings. The number of anilines is 1. The summed E-state index contributed by atoms with van der Waals surface area (Å²) < 4.78 is 12.1. The summed E-state index contributed by atoms with van der Waals surface area (Å²) in [5.74, 6) is 1.90. The molecule has 20 heavy (non-hydrogen) atoms. The number of benzene rings is 1. The van der Waals surface area contributed by atoms with Crippen LogP contribution in [0.4, 0.5) is 5.69 Å². The van der Waals surface area contributed by atoms with Gasteiger partial charge in [0.15, 0.2) is 0 Å². The van der Waals surface area contributed by atoms with E-state index in [9.17, 15) is 4.79 Å². The molecule has 6 heteroatoms. The van der Waals surface area contributed by atoms with E-state index < -0.39 is 0 Å². The summed E-state index contributed by atoms with van der Waals surface area (Å²) >= 11 is 0. The Morgan fingerprint density at radius 3 is 2.40 bits per heavy atom. The minimum atomic E-state index is -0.138. The van der Waals surface area contributed by atoms with Gasteiger partial charge < -0.3 is 19.4 Å². The Morgan fingerprint density at radius 2 is 1.90 bits per heavy atom. The third-order valence-electron chi connectivity index (χ3n) is 2.87. The van der Waals surface area contributed by atoms with Gasteiger partial charge in [0, 0.05) is 36.3 Å². The summed E-state index contributed by atoms with van der Waals surface area (Å²) in [5, 5.41) is 2.81. The molecule has 0 spiro atoms. The molecule has 6 nitrogen and oxygen atoms in total. The second kappa shape index (κ2) is 6.10. The fraction of sp³-hybridized carbons (Fsp3) is 0.286. The standard InChI is InChI=1S/C14H17N3O3/c1-10-15-4-5-17(10)9-14(18)16-11-6-12(19-2)8-13(7-11)20-3/h4-8H,9H2,1-3H3,(H,16,18). The fourth-order valence-electron chi connectivity index (χ4n) is 1.81. The van der Waals surface area contributed by atoms with E-state index in [1.807, 2.05) is 6.92 Å². The van der Waals surface area contributed by atoms with E-state index in [0.29, 0.717) is 17.2 Å². The highest BCUT2D eigenvalue weighted by Crippen LogP contribution is 2.25. The van der Waals surface area contributed by atoms with Crippen LogP contribution in [0.2, 0.25) is 0 Å². The molecular weight excluding hydrogens is 258 g/mol. The maximum Gasteiger partial charge on any atom is 0.244 e. The maximum absolute atomic E-state index is 12.0. The van der Waals surface area contributed by atoms with Crippen LogP contribution in [0.15, 0.2) is 30.6 Å². The van der Waals surface area contributed by atoms with Gasteiger partial charge in [0.05, 0.1) is 14.2 Å². The monoisotopic (exact) mass is 275 g/mol. The molecule has 0 aliphatic heterocycles. The molecule has 0 bridgehead atoms. The predicted octanol–water partition coefficient (Wildman–Crippen LogP) is 1.85. The van der Waals surface area contributed by atoms with Gasteiger partial charge >= 0.3 is 0 Å². The largest absolute Gasteiger partial charge is 0.497 e. The second-order valence-electron chi connectivity index (χ2n) is 4.25. The van der Waals surface area contributed by atoms with Crippen molar-refractivity contribution >= 4 is 11.6 Å². The molecule has 0 unspecified atom stereocenters. The van der Waals surface area contributed by atoms with E-state index in [0.717, 1.165) is 5.82 Å². The van der Waals surface area contributed by atoms with Crippen molar-refractivity contribution in [3.63, 3.8) is 0 Å². The molecule has 1 heterocycles. The summed E-state index contributed by atoms with van der Waals surface area (Å²) in [4.78, 5) is 16.1. The molecule has 0 aliphatic rings. The Hall–Kier alpha value is -2.50. The van der Waals surface area contributed by atoms with Gasteiger partial charge in [-0.15, -0.1) is 0 Å². The van der Waals surface area contributed by atoms with Crippen LogP contribution < -0.4 is 14.8 Å². The van der Waals surface area contributed by atoms with Crippen LogP contribution >= 0.6 is 0 Å². The Morgan fingerprint density at radius 1 is 1.25 bits per heavy atom. The van der Waals surface area contributed by atoms with Crippen molar-refractivity contribution in [3.8, 4) is 11.5 Å². The first kappa shape index (κ1) is 13.9. The van der Waals surface area contributed by atoms with Crippen molar-refractivity contribution in [2.24, 2.45) is 0 Å². The maximum atomic E-state index is 12.0. The van der Waals surface area contributed by atoms with Gasteiger partial charge in [-0.05, 0) is 6.92 Å². The van der Waals surface area contributed by atoms with E-state index in [2.05, 4.69) is 10.3 Å². The zero-order valence-electron chi connectivity index (χ0n) is 11.7. The van der Waals surface area contributed by atoms with Crippen LogP contribution in [-0.2, 0) is 11.3 Å². The first-order valence-electron chi connectivity index (χ1n) is 6.13. The molecule has 0 radical (unpaired) electrons. The van der Waals surface area contributed by atoms with Gasteiger partial charge in [-0.25, -0.2) is 4.98 Å². The third kappa shape index (κ3) is 3.28. The predicted molar refractivity (Wildman–Crippen MR) is 75.1 cm³/mol. The number of imidazole rings is 1. The first-order chi connectivity index (χ1) is 9.62. The van der Waals surface area contributed by atoms with Gasteiger partial charge in [0.2, 0.25) is 5.91 Å². The molecule has 1 aromatic carbocycles. The number of methoxy groups -OCH3 is 2. The average Bonchev–Trinajstić information content (AvgIpc) is 2.83. The van der Waals surface area contributed by atoms with Crippen molar-refractivity contribution in [3.05, 3.63) is 36.4 Å². The summed E-state index contributed by atoms with van der Waals surface area (Å²) in [6.45, 7) is 2.06. The lowest BCUT2D eigenvalue weighted by molar-refractivity contribution is -0.116. The number of aryl methyl sites for hydroxylation is 1. The summed E-state index contributed by atoms with van der Waals surface area (Å²) in [6.07, 6.45) is 3.43. The molecular formula is C14H17N3O3. The highest BCUT2D eigenvalue weighted by atomic mass is 16.5. The highest BCUT2D eigenvalue weighted by molar-refractivity contribution is 5.91. The van der Waals surface area contributed by atoms with Crippen LogP contribution in [0.1, 0.15) is 5.82 Å². The molecule has 0 saturated heterocycles. The number of carbonyl (C=O) groups is 1. The lowest BCUT2D eigenvalue weighted by Crippen LogP contribution is -2.19. The molecule has 0 saturated carbocycles. The molecule has 1 N–H and O–H groups in total. The van der Waals surface area contributed by atoms with Crippen molar-refractivity contribution in [1.82, 2.24) is 9.55 Å². The topological polar surface area (TPSA) is 65.4 Å². The Kier molecular flexibility index (Phi) is 4.24. The van der Waals surface area contributed by atoms with Gasteiger partial charge in [-0.2, -0.15) is 0 Å². The number of hydrogen-bond donors (Lipinski definition) is 1. The SMILES string of the molecule is COc1cc(NC(=O)Cn2ccnc2C)cc(OC)c1. The number of ether oxygens (including phenoxy) is 2. The second-order valence-corrected chi connectivity index (χ2v) is 4.25. The molecule has 1 aromatic heterocycles. The number of carbonyl (C=O) groups excluding carboxylic acids is 1. The van der Waals surface area contributed by atoms with Crippen molar-refractivity contribution in [2.45, 2.75) is 13.5 Å². The van der Waals surface area contributed by atoms with Gasteiger partial charge in [-0.1, -0.05) is 0 Å². The minimum absolute atomic E-state index is 0.138. The summed E-state index contributed by atoms with van der Waals surface area (Å²) in [5.41, 5.74) is 0.629. The zero-order chi connectivity index (χ0) is 14.5. The van der Waals surface area contributed by atoms with E-state index in [4.69, 9.17) is 9.47 Å². The lowest BCUT2D eigenvalue weighted by atomic mass is 10.2. The highest BCUT2D eigenvalue weighted by Gasteiger charge is 2.08. The minimum Gasteiger partial charge on any atom is -0.497 e. The van der Waals surface area contributed by atoms with Gasteiger partial charge in [0.1, 0.15) is 23.9 Å².